The third-order valence-corrected chi connectivity index (χ3v) is 2.46. The van der Waals surface area contributed by atoms with Gasteiger partial charge in [0.1, 0.15) is 5.82 Å². The van der Waals surface area contributed by atoms with Crippen molar-refractivity contribution in [2.75, 3.05) is 11.2 Å². The highest BCUT2D eigenvalue weighted by atomic mass is 32.2. The Morgan fingerprint density at radius 1 is 1.58 bits per heavy atom. The third-order valence-electron chi connectivity index (χ3n) is 1.33. The van der Waals surface area contributed by atoms with Crippen LogP contribution in [-0.4, -0.2) is 10.7 Å². The van der Waals surface area contributed by atoms with Crippen LogP contribution in [0.3, 0.4) is 0 Å². The first-order valence-electron chi connectivity index (χ1n) is 3.93. The van der Waals surface area contributed by atoms with Crippen molar-refractivity contribution in [3.63, 3.8) is 0 Å². The summed E-state index contributed by atoms with van der Waals surface area (Å²) in [5.74, 6) is 7.04. The van der Waals surface area contributed by atoms with Gasteiger partial charge in [-0.25, -0.2) is 10.8 Å². The topological polar surface area (TPSA) is 50.9 Å². The van der Waals surface area contributed by atoms with E-state index < -0.39 is 0 Å². The van der Waals surface area contributed by atoms with Gasteiger partial charge in [-0.15, -0.1) is 11.8 Å². The molecule has 3 nitrogen and oxygen atoms in total. The number of anilines is 1. The zero-order valence-electron chi connectivity index (χ0n) is 7.08. The molecule has 0 amide bonds. The molecule has 3 N–H and O–H groups in total. The SMILES string of the molecule is CCCSc1cccc(NN)n1. The summed E-state index contributed by atoms with van der Waals surface area (Å²) >= 11 is 1.74. The van der Waals surface area contributed by atoms with Crippen LogP contribution in [0.15, 0.2) is 23.2 Å². The lowest BCUT2D eigenvalue weighted by Gasteiger charge is -2.01. The molecule has 0 aliphatic rings. The minimum atomic E-state index is 0.719. The maximum absolute atomic E-state index is 5.23. The van der Waals surface area contributed by atoms with Crippen LogP contribution in [0.25, 0.3) is 0 Å². The minimum absolute atomic E-state index is 0.719. The second-order valence-electron chi connectivity index (χ2n) is 2.35. The molecule has 0 aromatic carbocycles. The maximum Gasteiger partial charge on any atom is 0.141 e. The summed E-state index contributed by atoms with van der Waals surface area (Å²) in [6.45, 7) is 2.15. The standard InChI is InChI=1S/C8H13N3S/c1-2-6-12-8-5-3-4-7(10-8)11-9/h3-5H,2,6,9H2,1H3,(H,10,11). The molecule has 0 saturated heterocycles. The van der Waals surface area contributed by atoms with Gasteiger partial charge in [-0.1, -0.05) is 13.0 Å². The highest BCUT2D eigenvalue weighted by molar-refractivity contribution is 7.99. The van der Waals surface area contributed by atoms with Gasteiger partial charge < -0.3 is 5.43 Å². The number of nitrogens with two attached hydrogens (primary N) is 1. The Morgan fingerprint density at radius 3 is 3.08 bits per heavy atom. The molecule has 0 saturated carbocycles. The molecule has 12 heavy (non-hydrogen) atoms. The van der Waals surface area contributed by atoms with E-state index in [4.69, 9.17) is 5.84 Å². The number of hydrazine groups is 1. The molecule has 0 unspecified atom stereocenters. The van der Waals surface area contributed by atoms with Crippen molar-refractivity contribution in [3.8, 4) is 0 Å². The van der Waals surface area contributed by atoms with Gasteiger partial charge in [0.05, 0.1) is 5.03 Å². The average Bonchev–Trinajstić information content (AvgIpc) is 2.15. The molecule has 0 fully saturated rings. The lowest BCUT2D eigenvalue weighted by molar-refractivity contribution is 1.07. The first kappa shape index (κ1) is 9.35. The van der Waals surface area contributed by atoms with Crippen molar-refractivity contribution in [1.29, 1.82) is 0 Å². The maximum atomic E-state index is 5.23. The molecule has 0 spiro atoms. The van der Waals surface area contributed by atoms with Gasteiger partial charge in [-0.3, -0.25) is 0 Å². The van der Waals surface area contributed by atoms with Crippen molar-refractivity contribution >= 4 is 17.6 Å². The Labute approximate surface area is 76.7 Å². The van der Waals surface area contributed by atoms with E-state index in [1.807, 2.05) is 18.2 Å². The fraction of sp³-hybridized carbons (Fsp3) is 0.375. The fourth-order valence-electron chi connectivity index (χ4n) is 0.782. The molecule has 4 heteroatoms. The molecule has 66 valence electrons. The second-order valence-corrected chi connectivity index (χ2v) is 3.47. The Morgan fingerprint density at radius 2 is 2.42 bits per heavy atom. The van der Waals surface area contributed by atoms with Crippen molar-refractivity contribution in [1.82, 2.24) is 4.98 Å². The molecule has 0 atom stereocenters. The van der Waals surface area contributed by atoms with Crippen LogP contribution in [0.2, 0.25) is 0 Å². The minimum Gasteiger partial charge on any atom is -0.308 e. The van der Waals surface area contributed by atoms with Crippen LogP contribution in [0.4, 0.5) is 5.82 Å². The molecule has 1 aromatic heterocycles. The summed E-state index contributed by atoms with van der Waals surface area (Å²) < 4.78 is 0. The Kier molecular flexibility index (Phi) is 3.90. The molecular weight excluding hydrogens is 170 g/mol. The first-order valence-corrected chi connectivity index (χ1v) is 4.92. The zero-order valence-corrected chi connectivity index (χ0v) is 7.90. The lowest BCUT2D eigenvalue weighted by atomic mass is 10.5. The van der Waals surface area contributed by atoms with Crippen LogP contribution in [0.1, 0.15) is 13.3 Å². The van der Waals surface area contributed by atoms with Crippen LogP contribution in [0.5, 0.6) is 0 Å². The lowest BCUT2D eigenvalue weighted by Crippen LogP contribution is -2.08. The summed E-state index contributed by atoms with van der Waals surface area (Å²) in [5, 5.41) is 1.02. The first-order chi connectivity index (χ1) is 5.86. The molecule has 0 bridgehead atoms. The normalized spacial score (nSPS) is 9.83. The van der Waals surface area contributed by atoms with Gasteiger partial charge in [-0.2, -0.15) is 0 Å². The Hall–Kier alpha value is -0.740. The van der Waals surface area contributed by atoms with E-state index in [2.05, 4.69) is 17.3 Å². The zero-order chi connectivity index (χ0) is 8.81. The second kappa shape index (κ2) is 5.00. The van der Waals surface area contributed by atoms with Crippen LogP contribution >= 0.6 is 11.8 Å². The summed E-state index contributed by atoms with van der Waals surface area (Å²) in [6, 6.07) is 5.78. The predicted molar refractivity (Wildman–Crippen MR) is 53.1 cm³/mol. The van der Waals surface area contributed by atoms with Gasteiger partial charge in [0.15, 0.2) is 0 Å². The van der Waals surface area contributed by atoms with Gasteiger partial charge in [0.25, 0.3) is 0 Å². The molecule has 0 radical (unpaired) electrons. The predicted octanol–water partition coefficient (Wildman–Crippen LogP) is 1.87. The van der Waals surface area contributed by atoms with Crippen LogP contribution in [0, 0.1) is 0 Å². The van der Waals surface area contributed by atoms with Gasteiger partial charge in [0.2, 0.25) is 0 Å². The van der Waals surface area contributed by atoms with Gasteiger partial charge in [0, 0.05) is 0 Å². The number of nitrogens with one attached hydrogen (secondary N) is 1. The summed E-state index contributed by atoms with van der Waals surface area (Å²) in [7, 11) is 0. The number of nitrogens with zero attached hydrogens (tertiary/aromatic N) is 1. The fourth-order valence-corrected chi connectivity index (χ4v) is 1.53. The number of rotatable bonds is 4. The monoisotopic (exact) mass is 183 g/mol. The number of hydrogen-bond donors (Lipinski definition) is 2. The summed E-state index contributed by atoms with van der Waals surface area (Å²) in [6.07, 6.45) is 1.16. The quantitative estimate of drug-likeness (QED) is 0.425. The Balaban J connectivity index is 2.60. The molecular formula is C8H13N3S. The molecule has 1 rings (SSSR count). The number of hydrogen-bond acceptors (Lipinski definition) is 4. The van der Waals surface area contributed by atoms with E-state index in [9.17, 15) is 0 Å². The van der Waals surface area contributed by atoms with Crippen molar-refractivity contribution in [2.45, 2.75) is 18.4 Å². The molecule has 1 heterocycles. The Bertz CT molecular complexity index is 239. The molecule has 0 aliphatic carbocycles. The van der Waals surface area contributed by atoms with Crippen LogP contribution < -0.4 is 11.3 Å². The van der Waals surface area contributed by atoms with Gasteiger partial charge >= 0.3 is 0 Å². The van der Waals surface area contributed by atoms with Crippen molar-refractivity contribution < 1.29 is 0 Å². The molecule has 0 aliphatic heterocycles. The van der Waals surface area contributed by atoms with E-state index in [1.54, 1.807) is 11.8 Å². The van der Waals surface area contributed by atoms with Gasteiger partial charge in [-0.05, 0) is 24.3 Å². The highest BCUT2D eigenvalue weighted by Gasteiger charge is 1.95. The largest absolute Gasteiger partial charge is 0.308 e. The van der Waals surface area contributed by atoms with Crippen molar-refractivity contribution in [2.24, 2.45) is 5.84 Å². The third kappa shape index (κ3) is 2.71. The number of pyridine rings is 1. The van der Waals surface area contributed by atoms with E-state index in [0.29, 0.717) is 0 Å². The van der Waals surface area contributed by atoms with Crippen LogP contribution in [-0.2, 0) is 0 Å². The van der Waals surface area contributed by atoms with Crippen molar-refractivity contribution in [3.05, 3.63) is 18.2 Å². The summed E-state index contributed by atoms with van der Waals surface area (Å²) in [5.41, 5.74) is 2.52. The number of nitrogen functional groups attached to an aromatic ring is 1. The van der Waals surface area contributed by atoms with E-state index >= 15 is 0 Å². The van der Waals surface area contributed by atoms with E-state index in [-0.39, 0.29) is 0 Å². The number of aromatic nitrogens is 1. The smallest absolute Gasteiger partial charge is 0.141 e. The van der Waals surface area contributed by atoms with E-state index in [0.717, 1.165) is 23.0 Å². The van der Waals surface area contributed by atoms with E-state index in [1.165, 1.54) is 0 Å². The highest BCUT2D eigenvalue weighted by Crippen LogP contribution is 2.17. The summed E-state index contributed by atoms with van der Waals surface area (Å²) in [4.78, 5) is 4.26. The molecule has 1 aromatic rings. The average molecular weight is 183 g/mol. The number of thioether (sulfide) groups is 1.